The number of methoxy groups -OCH3 is 2. The molecule has 58 heavy (non-hydrogen) atoms. The molecule has 1 N–H and O–H groups in total. The van der Waals surface area contributed by atoms with Gasteiger partial charge in [-0.25, -0.2) is 16.8 Å². The van der Waals surface area contributed by atoms with Gasteiger partial charge in [-0.3, -0.25) is 0 Å². The molecule has 6 aromatic carbocycles. The molecule has 0 saturated carbocycles. The molecule has 0 radical (unpaired) electrons. The molecule has 0 aliphatic heterocycles. The van der Waals surface area contributed by atoms with Crippen LogP contribution in [0.4, 0.5) is 22.7 Å². The van der Waals surface area contributed by atoms with Crippen LogP contribution < -0.4 is 72.8 Å². The molecule has 0 amide bonds. The van der Waals surface area contributed by atoms with Crippen LogP contribution in [0.5, 0.6) is 23.0 Å². The first-order valence-corrected chi connectivity index (χ1v) is 20.2. The second kappa shape index (κ2) is 18.8. The predicted octanol–water partition coefficient (Wildman–Crippen LogP) is 1.95. The van der Waals surface area contributed by atoms with Crippen LogP contribution in [0.25, 0.3) is 21.9 Å². The van der Waals surface area contributed by atoms with Crippen molar-refractivity contribution in [1.29, 1.82) is 0 Å². The van der Waals surface area contributed by atoms with Crippen LogP contribution in [0.3, 0.4) is 0 Å². The summed E-state index contributed by atoms with van der Waals surface area (Å²) in [6, 6.07) is 25.7. The van der Waals surface area contributed by atoms with Gasteiger partial charge in [0.15, 0.2) is 0 Å². The summed E-state index contributed by atoms with van der Waals surface area (Å²) in [6.45, 7) is 1.85. The Kier molecular flexibility index (Phi) is 15.0. The van der Waals surface area contributed by atoms with Crippen LogP contribution in [0, 0.1) is 6.92 Å². The summed E-state index contributed by atoms with van der Waals surface area (Å²) in [4.78, 5) is -2.01. The molecule has 0 saturated heterocycles. The predicted molar refractivity (Wildman–Crippen MR) is 200 cm³/mol. The number of nitrogens with zero attached hydrogens (tertiary/aromatic N) is 4. The van der Waals surface area contributed by atoms with E-state index in [2.05, 4.69) is 20.5 Å². The van der Waals surface area contributed by atoms with Crippen molar-refractivity contribution in [3.63, 3.8) is 0 Å². The average molecular weight is 863 g/mol. The first-order chi connectivity index (χ1) is 26.5. The number of hydrogen-bond donors (Lipinski definition) is 1. The van der Waals surface area contributed by atoms with Crippen LogP contribution in [-0.4, -0.2) is 53.7 Å². The first-order valence-electron chi connectivity index (χ1n) is 16.0. The van der Waals surface area contributed by atoms with Gasteiger partial charge in [0.2, 0.25) is 0 Å². The first kappa shape index (κ1) is 46.4. The van der Waals surface area contributed by atoms with E-state index in [9.17, 15) is 39.5 Å². The van der Waals surface area contributed by atoms with Crippen molar-refractivity contribution < 1.29 is 112 Å². The molecular formula is C37H28N4Na2O12S3. The number of aryl methyl sites for hydroxylation is 1. The molecule has 0 spiro atoms. The molecule has 0 atom stereocenters. The van der Waals surface area contributed by atoms with Crippen LogP contribution in [0.1, 0.15) is 5.56 Å². The van der Waals surface area contributed by atoms with Gasteiger partial charge >= 0.3 is 69.2 Å². The quantitative estimate of drug-likeness (QED) is 0.0803. The number of aromatic hydroxyl groups is 1. The number of benzene rings is 6. The Morgan fingerprint density at radius 2 is 1.14 bits per heavy atom. The average Bonchev–Trinajstić information content (AvgIpc) is 3.16. The fourth-order valence-corrected chi connectivity index (χ4v) is 7.63. The molecule has 288 valence electrons. The largest absolute Gasteiger partial charge is 1.00 e. The minimum absolute atomic E-state index is 0. The normalized spacial score (nSPS) is 11.9. The third-order valence-corrected chi connectivity index (χ3v) is 11.1. The Balaban J connectivity index is 0.00000372. The van der Waals surface area contributed by atoms with Gasteiger partial charge in [-0.1, -0.05) is 35.9 Å². The summed E-state index contributed by atoms with van der Waals surface area (Å²) in [5, 5.41) is 26.6. The fourth-order valence-electron chi connectivity index (χ4n) is 5.36. The Morgan fingerprint density at radius 3 is 1.66 bits per heavy atom. The van der Waals surface area contributed by atoms with E-state index in [4.69, 9.17) is 13.7 Å². The summed E-state index contributed by atoms with van der Waals surface area (Å²) in [5.74, 6) is 0.0738. The van der Waals surface area contributed by atoms with Crippen LogP contribution in [0.15, 0.2) is 144 Å². The third kappa shape index (κ3) is 10.7. The number of ether oxygens (including phenoxy) is 2. The van der Waals surface area contributed by atoms with E-state index in [1.807, 2.05) is 6.92 Å². The molecule has 0 heterocycles. The molecule has 16 nitrogen and oxygen atoms in total. The smallest absolute Gasteiger partial charge is 0.744 e. The summed E-state index contributed by atoms with van der Waals surface area (Å²) >= 11 is 0. The monoisotopic (exact) mass is 862 g/mol. The van der Waals surface area contributed by atoms with Gasteiger partial charge in [0.05, 0.1) is 29.7 Å². The molecular weight excluding hydrogens is 835 g/mol. The molecule has 0 fully saturated rings. The Labute approximate surface area is 377 Å². The topological polar surface area (TPSA) is 246 Å². The molecule has 6 rings (SSSR count). The van der Waals surface area contributed by atoms with E-state index < -0.39 is 57.0 Å². The van der Waals surface area contributed by atoms with Crippen LogP contribution >= 0.6 is 0 Å². The summed E-state index contributed by atoms with van der Waals surface area (Å²) in [7, 11) is -11.7. The number of hydrogen-bond acceptors (Lipinski definition) is 16. The van der Waals surface area contributed by atoms with Crippen molar-refractivity contribution in [3.8, 4) is 34.1 Å². The summed E-state index contributed by atoms with van der Waals surface area (Å²) < 4.78 is 113. The molecule has 0 bridgehead atoms. The minimum atomic E-state index is -5.36. The fraction of sp³-hybridized carbons (Fsp3) is 0.0811. The maximum Gasteiger partial charge on any atom is 1.00 e. The Bertz CT molecular complexity index is 2900. The maximum atomic E-state index is 12.6. The van der Waals surface area contributed by atoms with Crippen molar-refractivity contribution in [2.45, 2.75) is 21.6 Å². The van der Waals surface area contributed by atoms with Crippen molar-refractivity contribution in [3.05, 3.63) is 115 Å². The van der Waals surface area contributed by atoms with Crippen molar-refractivity contribution >= 4 is 63.9 Å². The van der Waals surface area contributed by atoms with Gasteiger partial charge in [-0.15, -0.1) is 15.3 Å². The van der Waals surface area contributed by atoms with Gasteiger partial charge in [0.25, 0.3) is 0 Å². The molecule has 0 aromatic heterocycles. The molecule has 0 aliphatic carbocycles. The second-order valence-corrected chi connectivity index (χ2v) is 16.2. The van der Waals surface area contributed by atoms with E-state index in [0.29, 0.717) is 34.3 Å². The number of phenols is 1. The van der Waals surface area contributed by atoms with E-state index in [0.717, 1.165) is 23.8 Å². The summed E-state index contributed by atoms with van der Waals surface area (Å²) in [6.07, 6.45) is 0. The standard InChI is InChI=1S/C37H30N4O12S3.2Na/c1-22-4-13-28(14-5-22)56(49,50)53-27-11-9-26(10-12-27)38-39-30-15-6-23(19-33(30)51-2)24-7-16-31(34(20-24)52-3)40-41-37-32(42)17-8-25-18-29(54(43,44)45)21-35(36(25)37)55(46,47)48;;/h4-21,42H,1-3H3,(H,43,44,45)(H,46,47,48);;/q;2*+1/p-2. The Hall–Kier alpha value is -4.25. The van der Waals surface area contributed by atoms with Gasteiger partial charge in [0, 0.05) is 5.39 Å². The zero-order valence-corrected chi connectivity index (χ0v) is 37.8. The number of rotatable bonds is 12. The van der Waals surface area contributed by atoms with E-state index >= 15 is 0 Å². The molecule has 6 aromatic rings. The molecule has 0 aliphatic rings. The SMILES string of the molecule is COc1cc(-c2ccc(N=Nc3c(O)ccc4cc(S(=O)(=O)[O-])cc(S(=O)(=O)[O-])c34)c(OC)c2)ccc1N=Nc1ccc(OS(=O)(=O)c2ccc(C)cc2)cc1.[Na+].[Na+]. The van der Waals surface area contributed by atoms with E-state index in [1.54, 1.807) is 54.6 Å². The van der Waals surface area contributed by atoms with E-state index in [-0.39, 0.29) is 86.6 Å². The molecule has 0 unspecified atom stereocenters. The minimum Gasteiger partial charge on any atom is -0.744 e. The number of azo groups is 2. The van der Waals surface area contributed by atoms with Gasteiger partial charge in [0.1, 0.15) is 65.2 Å². The number of phenolic OH excluding ortho intramolecular Hbond substituents is 1. The van der Waals surface area contributed by atoms with Crippen LogP contribution in [-0.2, 0) is 30.4 Å². The van der Waals surface area contributed by atoms with Crippen molar-refractivity contribution in [2.75, 3.05) is 14.2 Å². The van der Waals surface area contributed by atoms with Gasteiger partial charge in [-0.05, 0) is 102 Å². The Morgan fingerprint density at radius 1 is 0.586 bits per heavy atom. The van der Waals surface area contributed by atoms with Gasteiger partial charge < -0.3 is 27.9 Å². The zero-order chi connectivity index (χ0) is 40.4. The summed E-state index contributed by atoms with van der Waals surface area (Å²) in [5.41, 5.74) is 2.66. The number of fused-ring (bicyclic) bond motifs is 1. The van der Waals surface area contributed by atoms with Crippen LogP contribution in [0.2, 0.25) is 0 Å². The van der Waals surface area contributed by atoms with Crippen molar-refractivity contribution in [1.82, 2.24) is 0 Å². The maximum absolute atomic E-state index is 12.6. The van der Waals surface area contributed by atoms with Gasteiger partial charge in [-0.2, -0.15) is 13.5 Å². The zero-order valence-electron chi connectivity index (χ0n) is 31.3. The second-order valence-electron chi connectivity index (χ2n) is 11.9. The van der Waals surface area contributed by atoms with Crippen molar-refractivity contribution in [2.24, 2.45) is 20.5 Å². The molecule has 21 heteroatoms. The van der Waals surface area contributed by atoms with E-state index in [1.165, 1.54) is 44.6 Å². The third-order valence-electron chi connectivity index (χ3n) is 8.14.